The molecule has 1 aromatic rings. The Hall–Kier alpha value is -1.78. The molecule has 2 heterocycles. The number of piperidine rings is 1. The number of nitrogens with zero attached hydrogens (tertiary/aromatic N) is 2. The second kappa shape index (κ2) is 6.11. The molecule has 1 aromatic heterocycles. The lowest BCUT2D eigenvalue weighted by Crippen LogP contribution is -2.44. The molecule has 5 heteroatoms. The zero-order valence-corrected chi connectivity index (χ0v) is 12.3. The highest BCUT2D eigenvalue weighted by atomic mass is 16.5. The van der Waals surface area contributed by atoms with Crippen molar-refractivity contribution < 1.29 is 14.3 Å². The summed E-state index contributed by atoms with van der Waals surface area (Å²) in [6.07, 6.45) is 3.08. The van der Waals surface area contributed by atoms with E-state index in [0.29, 0.717) is 11.6 Å². The highest BCUT2D eigenvalue weighted by Gasteiger charge is 2.27. The molecule has 1 fully saturated rings. The standard InChI is InChI=1S/C15H22N2O3/c1-11-6-9-17(10-7-11)14(18)12(2)20-15(19)13-5-4-8-16(13)3/h4-5,8,11-12H,6-7,9-10H2,1-3H3. The maximum Gasteiger partial charge on any atom is 0.355 e. The fraction of sp³-hybridized carbons (Fsp3) is 0.600. The van der Waals surface area contributed by atoms with Crippen LogP contribution in [-0.4, -0.2) is 40.5 Å². The van der Waals surface area contributed by atoms with E-state index in [4.69, 9.17) is 4.74 Å². The summed E-state index contributed by atoms with van der Waals surface area (Å²) >= 11 is 0. The van der Waals surface area contributed by atoms with Crippen molar-refractivity contribution in [3.05, 3.63) is 24.0 Å². The first-order chi connectivity index (χ1) is 9.49. The predicted octanol–water partition coefficient (Wildman–Crippen LogP) is 1.83. The van der Waals surface area contributed by atoms with Gasteiger partial charge in [-0.2, -0.15) is 0 Å². The van der Waals surface area contributed by atoms with Crippen LogP contribution in [-0.2, 0) is 16.6 Å². The molecule has 20 heavy (non-hydrogen) atoms. The Bertz CT molecular complexity index is 487. The van der Waals surface area contributed by atoms with Gasteiger partial charge in [-0.25, -0.2) is 4.79 Å². The van der Waals surface area contributed by atoms with E-state index < -0.39 is 12.1 Å². The minimum absolute atomic E-state index is 0.0977. The Morgan fingerprint density at radius 1 is 1.35 bits per heavy atom. The first kappa shape index (κ1) is 14.6. The number of aromatic nitrogens is 1. The van der Waals surface area contributed by atoms with E-state index in [1.807, 2.05) is 0 Å². The summed E-state index contributed by atoms with van der Waals surface area (Å²) in [7, 11) is 1.77. The summed E-state index contributed by atoms with van der Waals surface area (Å²) in [4.78, 5) is 26.0. The van der Waals surface area contributed by atoms with Gasteiger partial charge in [-0.05, 0) is 37.8 Å². The third-order valence-electron chi connectivity index (χ3n) is 3.88. The number of rotatable bonds is 3. The molecule has 0 N–H and O–H groups in total. The topological polar surface area (TPSA) is 51.5 Å². The molecule has 1 aliphatic rings. The quantitative estimate of drug-likeness (QED) is 0.793. The Morgan fingerprint density at radius 2 is 2.00 bits per heavy atom. The fourth-order valence-electron chi connectivity index (χ4n) is 2.43. The highest BCUT2D eigenvalue weighted by molar-refractivity contribution is 5.91. The van der Waals surface area contributed by atoms with Gasteiger partial charge in [0.2, 0.25) is 0 Å². The van der Waals surface area contributed by atoms with E-state index in [2.05, 4.69) is 6.92 Å². The molecular weight excluding hydrogens is 256 g/mol. The number of amides is 1. The lowest BCUT2D eigenvalue weighted by molar-refractivity contribution is -0.141. The van der Waals surface area contributed by atoms with Crippen LogP contribution in [0.15, 0.2) is 18.3 Å². The number of esters is 1. The maximum absolute atomic E-state index is 12.2. The monoisotopic (exact) mass is 278 g/mol. The zero-order chi connectivity index (χ0) is 14.7. The van der Waals surface area contributed by atoms with Crippen molar-refractivity contribution in [3.8, 4) is 0 Å². The van der Waals surface area contributed by atoms with Gasteiger partial charge < -0.3 is 14.2 Å². The number of hydrogen-bond donors (Lipinski definition) is 0. The van der Waals surface area contributed by atoms with Gasteiger partial charge in [0.05, 0.1) is 0 Å². The van der Waals surface area contributed by atoms with E-state index in [1.54, 1.807) is 41.8 Å². The minimum Gasteiger partial charge on any atom is -0.448 e. The molecule has 1 amide bonds. The van der Waals surface area contributed by atoms with Crippen molar-refractivity contribution in [1.82, 2.24) is 9.47 Å². The van der Waals surface area contributed by atoms with Crippen LogP contribution in [0.1, 0.15) is 37.2 Å². The van der Waals surface area contributed by atoms with Gasteiger partial charge >= 0.3 is 5.97 Å². The lowest BCUT2D eigenvalue weighted by atomic mass is 9.99. The number of carbonyl (C=O) groups excluding carboxylic acids is 2. The van der Waals surface area contributed by atoms with Crippen LogP contribution < -0.4 is 0 Å². The van der Waals surface area contributed by atoms with Gasteiger partial charge in [0.1, 0.15) is 5.69 Å². The van der Waals surface area contributed by atoms with Gasteiger partial charge in [0.15, 0.2) is 6.10 Å². The Balaban J connectivity index is 1.91. The zero-order valence-electron chi connectivity index (χ0n) is 12.3. The van der Waals surface area contributed by atoms with Crippen LogP contribution in [0.5, 0.6) is 0 Å². The second-order valence-corrected chi connectivity index (χ2v) is 5.56. The molecule has 0 spiro atoms. The Morgan fingerprint density at radius 3 is 2.55 bits per heavy atom. The molecule has 5 nitrogen and oxygen atoms in total. The molecule has 0 bridgehead atoms. The summed E-state index contributed by atoms with van der Waals surface area (Å²) in [5.74, 6) is 0.114. The number of carbonyl (C=O) groups is 2. The van der Waals surface area contributed by atoms with Crippen LogP contribution in [0.25, 0.3) is 0 Å². The molecule has 0 aromatic carbocycles. The van der Waals surface area contributed by atoms with Crippen LogP contribution in [0, 0.1) is 5.92 Å². The minimum atomic E-state index is -0.731. The van der Waals surface area contributed by atoms with Gasteiger partial charge in [-0.1, -0.05) is 6.92 Å². The van der Waals surface area contributed by atoms with Crippen molar-refractivity contribution in [3.63, 3.8) is 0 Å². The summed E-state index contributed by atoms with van der Waals surface area (Å²) in [5.41, 5.74) is 0.455. The number of hydrogen-bond acceptors (Lipinski definition) is 3. The van der Waals surface area contributed by atoms with E-state index in [0.717, 1.165) is 25.9 Å². The molecule has 0 saturated carbocycles. The Kier molecular flexibility index (Phi) is 4.47. The molecule has 0 radical (unpaired) electrons. The Labute approximate surface area is 119 Å². The maximum atomic E-state index is 12.2. The summed E-state index contributed by atoms with van der Waals surface area (Å²) in [6.45, 7) is 5.35. The van der Waals surface area contributed by atoms with Crippen LogP contribution in [0.2, 0.25) is 0 Å². The third kappa shape index (κ3) is 3.21. The first-order valence-electron chi connectivity index (χ1n) is 7.10. The number of likely N-dealkylation sites (tertiary alicyclic amines) is 1. The number of ether oxygens (including phenoxy) is 1. The molecule has 1 atom stereocenters. The normalized spacial score (nSPS) is 17.9. The van der Waals surface area contributed by atoms with Gasteiger partial charge in [0.25, 0.3) is 5.91 Å². The van der Waals surface area contributed by atoms with Gasteiger partial charge in [-0.3, -0.25) is 4.79 Å². The highest BCUT2D eigenvalue weighted by Crippen LogP contribution is 2.17. The average Bonchev–Trinajstić information content (AvgIpc) is 2.85. The van der Waals surface area contributed by atoms with Crippen molar-refractivity contribution in [2.45, 2.75) is 32.8 Å². The van der Waals surface area contributed by atoms with Crippen LogP contribution in [0.4, 0.5) is 0 Å². The van der Waals surface area contributed by atoms with Crippen molar-refractivity contribution in [2.75, 3.05) is 13.1 Å². The van der Waals surface area contributed by atoms with Crippen molar-refractivity contribution >= 4 is 11.9 Å². The van der Waals surface area contributed by atoms with E-state index >= 15 is 0 Å². The molecule has 1 aliphatic heterocycles. The summed E-state index contributed by atoms with van der Waals surface area (Å²) in [5, 5.41) is 0. The van der Waals surface area contributed by atoms with Crippen molar-refractivity contribution in [1.29, 1.82) is 0 Å². The van der Waals surface area contributed by atoms with E-state index in [9.17, 15) is 9.59 Å². The third-order valence-corrected chi connectivity index (χ3v) is 3.88. The molecule has 2 rings (SSSR count). The van der Waals surface area contributed by atoms with E-state index in [-0.39, 0.29) is 5.91 Å². The van der Waals surface area contributed by atoms with Gasteiger partial charge in [0, 0.05) is 26.3 Å². The molecular formula is C15H22N2O3. The largest absolute Gasteiger partial charge is 0.448 e. The molecule has 1 unspecified atom stereocenters. The molecule has 110 valence electrons. The van der Waals surface area contributed by atoms with Gasteiger partial charge in [-0.15, -0.1) is 0 Å². The van der Waals surface area contributed by atoms with Crippen molar-refractivity contribution in [2.24, 2.45) is 13.0 Å². The van der Waals surface area contributed by atoms with E-state index in [1.165, 1.54) is 0 Å². The molecule has 0 aliphatic carbocycles. The smallest absolute Gasteiger partial charge is 0.355 e. The van der Waals surface area contributed by atoms with Crippen LogP contribution in [0.3, 0.4) is 0 Å². The summed E-state index contributed by atoms with van der Waals surface area (Å²) < 4.78 is 6.95. The fourth-order valence-corrected chi connectivity index (χ4v) is 2.43. The summed E-state index contributed by atoms with van der Waals surface area (Å²) in [6, 6.07) is 3.46. The first-order valence-corrected chi connectivity index (χ1v) is 7.10. The predicted molar refractivity (Wildman–Crippen MR) is 75.3 cm³/mol. The SMILES string of the molecule is CC1CCN(C(=O)C(C)OC(=O)c2cccn2C)CC1. The average molecular weight is 278 g/mol. The number of aryl methyl sites for hydroxylation is 1. The second-order valence-electron chi connectivity index (χ2n) is 5.56. The lowest BCUT2D eigenvalue weighted by Gasteiger charge is -2.31. The van der Waals surface area contributed by atoms with Crippen LogP contribution >= 0.6 is 0 Å². The molecule has 1 saturated heterocycles.